The molecule has 1 aromatic rings. The number of alkyl halides is 3. The van der Waals surface area contributed by atoms with Gasteiger partial charge in [-0.05, 0) is 51.1 Å². The van der Waals surface area contributed by atoms with Crippen molar-refractivity contribution in [2.24, 2.45) is 0 Å². The van der Waals surface area contributed by atoms with E-state index in [4.69, 9.17) is 0 Å². The maximum atomic E-state index is 12.7. The molecule has 8 heteroatoms. The van der Waals surface area contributed by atoms with E-state index in [0.717, 1.165) is 18.2 Å². The quantitative estimate of drug-likeness (QED) is 0.897. The van der Waals surface area contributed by atoms with Gasteiger partial charge in [-0.1, -0.05) is 6.07 Å². The van der Waals surface area contributed by atoms with Crippen LogP contribution in [0.15, 0.2) is 29.2 Å². The van der Waals surface area contributed by atoms with Crippen LogP contribution in [-0.2, 0) is 16.0 Å². The fraction of sp³-hybridized carbons (Fsp3) is 0.538. The number of hydrogen-bond acceptors (Lipinski definition) is 3. The average molecular weight is 344 g/mol. The van der Waals surface area contributed by atoms with E-state index < -0.39 is 26.3 Å². The predicted molar refractivity (Wildman–Crippen MR) is 76.4 cm³/mol. The first-order chi connectivity index (χ1) is 9.17. The zero-order chi connectivity index (χ0) is 15.0. The van der Waals surface area contributed by atoms with Crippen LogP contribution in [0.25, 0.3) is 0 Å². The number of nitrogens with one attached hydrogen (secondary N) is 1. The molecule has 1 heterocycles. The third-order valence-electron chi connectivity index (χ3n) is 3.78. The van der Waals surface area contributed by atoms with E-state index in [1.165, 1.54) is 6.07 Å². The summed E-state index contributed by atoms with van der Waals surface area (Å²) in [6, 6.07) is 3.98. The van der Waals surface area contributed by atoms with Crippen molar-refractivity contribution in [1.29, 1.82) is 0 Å². The van der Waals surface area contributed by atoms with E-state index in [0.29, 0.717) is 25.9 Å². The maximum Gasteiger partial charge on any atom is 0.416 e. The van der Waals surface area contributed by atoms with Crippen molar-refractivity contribution in [1.82, 2.24) is 5.32 Å². The molecule has 1 aromatic carbocycles. The highest BCUT2D eigenvalue weighted by Gasteiger charge is 2.42. The van der Waals surface area contributed by atoms with Gasteiger partial charge in [0.25, 0.3) is 0 Å². The Balaban J connectivity index is 0.00000220. The molecule has 0 unspecified atom stereocenters. The standard InChI is InChI=1S/C13H16F3NO2S.ClH/c1-12(5-7-17-8-6-12)20(18,19)11-4-2-3-10(9-11)13(14,15)16;/h2-4,9,17H,5-8H2,1H3;1H. The van der Waals surface area contributed by atoms with Gasteiger partial charge in [-0.3, -0.25) is 0 Å². The molecular formula is C13H17ClF3NO2S. The summed E-state index contributed by atoms with van der Waals surface area (Å²) < 4.78 is 62.2. The van der Waals surface area contributed by atoms with Crippen molar-refractivity contribution in [3.05, 3.63) is 29.8 Å². The number of hydrogen-bond donors (Lipinski definition) is 1. The number of halogens is 4. The SMILES string of the molecule is CC1(S(=O)(=O)c2cccc(C(F)(F)F)c2)CCNCC1.Cl. The molecular weight excluding hydrogens is 327 g/mol. The fourth-order valence-corrected chi connectivity index (χ4v) is 4.20. The van der Waals surface area contributed by atoms with Crippen LogP contribution in [-0.4, -0.2) is 26.3 Å². The Labute approximate surface area is 128 Å². The van der Waals surface area contributed by atoms with Crippen molar-refractivity contribution in [2.45, 2.75) is 35.6 Å². The van der Waals surface area contributed by atoms with Crippen LogP contribution in [0.3, 0.4) is 0 Å². The Bertz CT molecular complexity index is 596. The van der Waals surface area contributed by atoms with Crippen molar-refractivity contribution in [3.8, 4) is 0 Å². The van der Waals surface area contributed by atoms with Gasteiger partial charge in [0.1, 0.15) is 0 Å². The van der Waals surface area contributed by atoms with E-state index in [1.54, 1.807) is 6.92 Å². The fourth-order valence-electron chi connectivity index (χ4n) is 2.35. The van der Waals surface area contributed by atoms with Gasteiger partial charge >= 0.3 is 6.18 Å². The molecule has 0 spiro atoms. The van der Waals surface area contributed by atoms with E-state index >= 15 is 0 Å². The lowest BCUT2D eigenvalue weighted by atomic mass is 10.00. The highest BCUT2D eigenvalue weighted by atomic mass is 35.5. The molecule has 1 aliphatic heterocycles. The molecule has 1 aliphatic rings. The smallest absolute Gasteiger partial charge is 0.317 e. The molecule has 21 heavy (non-hydrogen) atoms. The lowest BCUT2D eigenvalue weighted by Gasteiger charge is -2.33. The second-order valence-electron chi connectivity index (χ2n) is 5.23. The van der Waals surface area contributed by atoms with E-state index in [9.17, 15) is 21.6 Å². The normalized spacial score (nSPS) is 18.9. The number of piperidine rings is 1. The van der Waals surface area contributed by atoms with Crippen LogP contribution in [0, 0.1) is 0 Å². The summed E-state index contributed by atoms with van der Waals surface area (Å²) in [7, 11) is -3.78. The Kier molecular flexibility index (Phi) is 5.34. The minimum Gasteiger partial charge on any atom is -0.317 e. The highest BCUT2D eigenvalue weighted by Crippen LogP contribution is 2.36. The van der Waals surface area contributed by atoms with E-state index in [2.05, 4.69) is 5.32 Å². The zero-order valence-electron chi connectivity index (χ0n) is 11.4. The first kappa shape index (κ1) is 18.3. The largest absolute Gasteiger partial charge is 0.416 e. The van der Waals surface area contributed by atoms with Crippen molar-refractivity contribution in [2.75, 3.05) is 13.1 Å². The lowest BCUT2D eigenvalue weighted by Crippen LogP contribution is -2.45. The van der Waals surface area contributed by atoms with E-state index in [-0.39, 0.29) is 17.3 Å². The number of sulfone groups is 1. The molecule has 1 fully saturated rings. The van der Waals surface area contributed by atoms with E-state index in [1.807, 2.05) is 0 Å². The Morgan fingerprint density at radius 2 is 1.76 bits per heavy atom. The lowest BCUT2D eigenvalue weighted by molar-refractivity contribution is -0.137. The van der Waals surface area contributed by atoms with Gasteiger partial charge in [-0.25, -0.2) is 8.42 Å². The second-order valence-corrected chi connectivity index (χ2v) is 7.69. The summed E-state index contributed by atoms with van der Waals surface area (Å²) >= 11 is 0. The van der Waals surface area contributed by atoms with Crippen LogP contribution in [0.2, 0.25) is 0 Å². The van der Waals surface area contributed by atoms with Crippen LogP contribution in [0.5, 0.6) is 0 Å². The minimum absolute atomic E-state index is 0. The molecule has 0 aliphatic carbocycles. The van der Waals surface area contributed by atoms with Crippen LogP contribution in [0.4, 0.5) is 13.2 Å². The van der Waals surface area contributed by atoms with Gasteiger partial charge in [0.2, 0.25) is 0 Å². The molecule has 2 rings (SSSR count). The molecule has 0 saturated carbocycles. The molecule has 0 radical (unpaired) electrons. The summed E-state index contributed by atoms with van der Waals surface area (Å²) in [6.07, 6.45) is -3.75. The van der Waals surface area contributed by atoms with Gasteiger partial charge in [0.05, 0.1) is 15.2 Å². The third kappa shape index (κ3) is 3.52. The monoisotopic (exact) mass is 343 g/mol. The van der Waals surface area contributed by atoms with Gasteiger partial charge < -0.3 is 5.32 Å². The molecule has 0 bridgehead atoms. The Morgan fingerprint density at radius 1 is 1.19 bits per heavy atom. The number of rotatable bonds is 2. The zero-order valence-corrected chi connectivity index (χ0v) is 13.0. The predicted octanol–water partition coefficient (Wildman–Crippen LogP) is 3.04. The van der Waals surface area contributed by atoms with Gasteiger partial charge in [-0.2, -0.15) is 13.2 Å². The first-order valence-electron chi connectivity index (χ1n) is 6.29. The van der Waals surface area contributed by atoms with Gasteiger partial charge in [0, 0.05) is 0 Å². The molecule has 0 amide bonds. The van der Waals surface area contributed by atoms with Gasteiger partial charge in [0.15, 0.2) is 9.84 Å². The van der Waals surface area contributed by atoms with Crippen LogP contribution < -0.4 is 5.32 Å². The molecule has 1 saturated heterocycles. The number of benzene rings is 1. The van der Waals surface area contributed by atoms with Crippen molar-refractivity contribution in [3.63, 3.8) is 0 Å². The maximum absolute atomic E-state index is 12.7. The van der Waals surface area contributed by atoms with Crippen molar-refractivity contribution >= 4 is 22.2 Å². The van der Waals surface area contributed by atoms with Gasteiger partial charge in [-0.15, -0.1) is 12.4 Å². The summed E-state index contributed by atoms with van der Waals surface area (Å²) in [5.41, 5.74) is -0.934. The van der Waals surface area contributed by atoms with Crippen LogP contribution in [0.1, 0.15) is 25.3 Å². The highest BCUT2D eigenvalue weighted by molar-refractivity contribution is 7.92. The Morgan fingerprint density at radius 3 is 2.29 bits per heavy atom. The second kappa shape index (κ2) is 6.14. The first-order valence-corrected chi connectivity index (χ1v) is 7.78. The summed E-state index contributed by atoms with van der Waals surface area (Å²) in [6.45, 7) is 2.70. The summed E-state index contributed by atoms with van der Waals surface area (Å²) in [4.78, 5) is -0.253. The Hall–Kier alpha value is -0.790. The topological polar surface area (TPSA) is 46.2 Å². The summed E-state index contributed by atoms with van der Waals surface area (Å²) in [5.74, 6) is 0. The summed E-state index contributed by atoms with van der Waals surface area (Å²) in [5, 5.41) is 3.05. The molecule has 120 valence electrons. The van der Waals surface area contributed by atoms with Crippen LogP contribution >= 0.6 is 12.4 Å². The molecule has 0 aromatic heterocycles. The molecule has 3 nitrogen and oxygen atoms in total. The molecule has 1 N–H and O–H groups in total. The average Bonchev–Trinajstić information content (AvgIpc) is 2.38. The molecule has 0 atom stereocenters. The third-order valence-corrected chi connectivity index (χ3v) is 6.36. The van der Waals surface area contributed by atoms with Crippen molar-refractivity contribution < 1.29 is 21.6 Å². The minimum atomic E-state index is -4.54.